The van der Waals surface area contributed by atoms with Gasteiger partial charge in [-0.1, -0.05) is 70.7 Å². The van der Waals surface area contributed by atoms with Gasteiger partial charge in [-0.2, -0.15) is 0 Å². The number of rotatable bonds is 3. The molecule has 1 aromatic heterocycles. The van der Waals surface area contributed by atoms with E-state index in [0.29, 0.717) is 12.0 Å². The van der Waals surface area contributed by atoms with E-state index in [-0.39, 0.29) is 48.4 Å². The number of nitrogens with zero attached hydrogens (tertiary/aromatic N) is 1. The molecular formula is C24H15Cl4NO4S. The normalized spacial score (nSPS) is 14.6. The van der Waals surface area contributed by atoms with Crippen LogP contribution < -0.4 is 4.90 Å². The van der Waals surface area contributed by atoms with Crippen LogP contribution >= 0.6 is 57.7 Å². The zero-order chi connectivity index (χ0) is 24.3. The third-order valence-corrected chi connectivity index (χ3v) is 8.92. The van der Waals surface area contributed by atoms with Crippen LogP contribution in [0.25, 0.3) is 11.1 Å². The van der Waals surface area contributed by atoms with Gasteiger partial charge in [-0.3, -0.25) is 9.59 Å². The van der Waals surface area contributed by atoms with Crippen molar-refractivity contribution >= 4 is 80.5 Å². The lowest BCUT2D eigenvalue weighted by Crippen LogP contribution is -2.30. The minimum absolute atomic E-state index is 0.114. The van der Waals surface area contributed by atoms with Crippen LogP contribution in [0.2, 0.25) is 20.1 Å². The second-order valence-electron chi connectivity index (χ2n) is 7.76. The number of ether oxygens (including phenoxy) is 1. The Morgan fingerprint density at radius 2 is 1.56 bits per heavy atom. The summed E-state index contributed by atoms with van der Waals surface area (Å²) in [5.41, 5.74) is 2.57. The molecule has 5 rings (SSSR count). The first-order valence-electron chi connectivity index (χ1n) is 10.4. The molecule has 2 amide bonds. The van der Waals surface area contributed by atoms with Crippen molar-refractivity contribution in [2.45, 2.75) is 26.2 Å². The first kappa shape index (κ1) is 23.6. The van der Waals surface area contributed by atoms with E-state index in [1.165, 1.54) is 11.3 Å². The molecule has 2 aliphatic rings. The largest absolute Gasteiger partial charge is 0.462 e. The quantitative estimate of drug-likeness (QED) is 0.145. The number of hydrogen-bond acceptors (Lipinski definition) is 5. The predicted molar refractivity (Wildman–Crippen MR) is 135 cm³/mol. The van der Waals surface area contributed by atoms with Gasteiger partial charge in [0.2, 0.25) is 0 Å². The molecule has 174 valence electrons. The summed E-state index contributed by atoms with van der Waals surface area (Å²) in [6.07, 6.45) is 2.39. The zero-order valence-corrected chi connectivity index (χ0v) is 21.5. The van der Waals surface area contributed by atoms with Crippen molar-refractivity contribution < 1.29 is 19.1 Å². The van der Waals surface area contributed by atoms with Crippen molar-refractivity contribution in [2.24, 2.45) is 0 Å². The lowest BCUT2D eigenvalue weighted by atomic mass is 9.96. The van der Waals surface area contributed by atoms with E-state index >= 15 is 0 Å². The van der Waals surface area contributed by atoms with Gasteiger partial charge in [0, 0.05) is 10.4 Å². The maximum absolute atomic E-state index is 13.5. The molecular weight excluding hydrogens is 540 g/mol. The van der Waals surface area contributed by atoms with Crippen LogP contribution in [-0.2, 0) is 17.6 Å². The first-order chi connectivity index (χ1) is 16.3. The van der Waals surface area contributed by atoms with E-state index < -0.39 is 17.8 Å². The number of amides is 2. The summed E-state index contributed by atoms with van der Waals surface area (Å²) in [7, 11) is 0. The number of carbonyl (C=O) groups excluding carboxylic acids is 3. The number of carbonyl (C=O) groups is 3. The Kier molecular flexibility index (Phi) is 6.15. The monoisotopic (exact) mass is 553 g/mol. The highest BCUT2D eigenvalue weighted by Gasteiger charge is 2.45. The molecule has 0 bridgehead atoms. The smallest absolute Gasteiger partial charge is 0.341 e. The molecule has 2 aromatic carbocycles. The lowest BCUT2D eigenvalue weighted by Gasteiger charge is -2.15. The molecule has 0 saturated carbocycles. The Hall–Kier alpha value is -2.09. The topological polar surface area (TPSA) is 63.7 Å². The highest BCUT2D eigenvalue weighted by Crippen LogP contribution is 2.50. The molecule has 1 aliphatic heterocycles. The van der Waals surface area contributed by atoms with E-state index in [1.807, 2.05) is 24.3 Å². The Morgan fingerprint density at radius 3 is 2.18 bits per heavy atom. The van der Waals surface area contributed by atoms with Crippen LogP contribution in [-0.4, -0.2) is 24.4 Å². The molecule has 10 heteroatoms. The third-order valence-electron chi connectivity index (χ3n) is 5.88. The molecule has 0 saturated heterocycles. The minimum atomic E-state index is -0.722. The number of imide groups is 1. The van der Waals surface area contributed by atoms with E-state index in [2.05, 4.69) is 0 Å². The fourth-order valence-electron chi connectivity index (χ4n) is 4.43. The van der Waals surface area contributed by atoms with Crippen LogP contribution in [0, 0.1) is 0 Å². The highest BCUT2D eigenvalue weighted by molar-refractivity contribution is 7.17. The number of anilines is 1. The molecule has 0 radical (unpaired) electrons. The fourth-order valence-corrected chi connectivity index (χ4v) is 6.78. The Balaban J connectivity index is 1.78. The summed E-state index contributed by atoms with van der Waals surface area (Å²) < 4.78 is 5.37. The maximum Gasteiger partial charge on any atom is 0.341 e. The molecule has 3 aromatic rings. The van der Waals surface area contributed by atoms with E-state index in [1.54, 1.807) is 6.92 Å². The Labute approximate surface area is 219 Å². The first-order valence-corrected chi connectivity index (χ1v) is 12.8. The second kappa shape index (κ2) is 8.85. The van der Waals surface area contributed by atoms with Gasteiger partial charge in [-0.25, -0.2) is 9.69 Å². The average molecular weight is 555 g/mol. The summed E-state index contributed by atoms with van der Waals surface area (Å²) in [6.45, 7) is 1.83. The van der Waals surface area contributed by atoms with E-state index in [9.17, 15) is 14.4 Å². The Bertz CT molecular complexity index is 1370. The van der Waals surface area contributed by atoms with Crippen molar-refractivity contribution in [3.8, 4) is 11.1 Å². The lowest BCUT2D eigenvalue weighted by molar-refractivity contribution is 0.0529. The van der Waals surface area contributed by atoms with Crippen LogP contribution in [0.4, 0.5) is 5.00 Å². The van der Waals surface area contributed by atoms with Gasteiger partial charge >= 0.3 is 5.97 Å². The number of fused-ring (bicyclic) bond motifs is 4. The van der Waals surface area contributed by atoms with E-state index in [4.69, 9.17) is 51.1 Å². The average Bonchev–Trinajstić information content (AvgIpc) is 3.24. The summed E-state index contributed by atoms with van der Waals surface area (Å²) in [6, 6.07) is 7.80. The number of aryl methyl sites for hydroxylation is 2. The number of thiophene rings is 1. The molecule has 0 fully saturated rings. The van der Waals surface area contributed by atoms with Gasteiger partial charge < -0.3 is 4.74 Å². The summed E-state index contributed by atoms with van der Waals surface area (Å²) in [5, 5.41) is -0.375. The number of hydrogen-bond donors (Lipinski definition) is 0. The van der Waals surface area contributed by atoms with Gasteiger partial charge in [0.1, 0.15) is 10.6 Å². The van der Waals surface area contributed by atoms with Gasteiger partial charge in [0.25, 0.3) is 11.8 Å². The third kappa shape index (κ3) is 3.39. The Morgan fingerprint density at radius 1 is 0.941 bits per heavy atom. The van der Waals surface area contributed by atoms with Crippen molar-refractivity contribution in [3.05, 3.63) is 71.5 Å². The zero-order valence-electron chi connectivity index (χ0n) is 17.6. The maximum atomic E-state index is 13.5. The highest BCUT2D eigenvalue weighted by atomic mass is 35.5. The van der Waals surface area contributed by atoms with Gasteiger partial charge in [0.05, 0.1) is 37.8 Å². The molecule has 2 heterocycles. The van der Waals surface area contributed by atoms with E-state index in [0.717, 1.165) is 33.7 Å². The number of esters is 1. The van der Waals surface area contributed by atoms with Gasteiger partial charge in [0.15, 0.2) is 0 Å². The number of benzene rings is 2. The predicted octanol–water partition coefficient (Wildman–Crippen LogP) is 7.49. The number of halogens is 4. The molecule has 0 unspecified atom stereocenters. The van der Waals surface area contributed by atoms with Crippen LogP contribution in [0.5, 0.6) is 0 Å². The van der Waals surface area contributed by atoms with Gasteiger partial charge in [-0.05, 0) is 37.3 Å². The molecule has 5 nitrogen and oxygen atoms in total. The fraction of sp³-hybridized carbons (Fsp3) is 0.208. The van der Waals surface area contributed by atoms with Crippen molar-refractivity contribution in [3.63, 3.8) is 0 Å². The van der Waals surface area contributed by atoms with Crippen molar-refractivity contribution in [2.75, 3.05) is 11.5 Å². The molecule has 0 spiro atoms. The summed E-state index contributed by atoms with van der Waals surface area (Å²) in [5.74, 6) is -2.06. The summed E-state index contributed by atoms with van der Waals surface area (Å²) >= 11 is 26.1. The van der Waals surface area contributed by atoms with Crippen LogP contribution in [0.3, 0.4) is 0 Å². The summed E-state index contributed by atoms with van der Waals surface area (Å²) in [4.78, 5) is 42.1. The minimum Gasteiger partial charge on any atom is -0.462 e. The van der Waals surface area contributed by atoms with Crippen LogP contribution in [0.1, 0.15) is 54.9 Å². The van der Waals surface area contributed by atoms with Crippen LogP contribution in [0.15, 0.2) is 24.3 Å². The standard InChI is InChI=1S/C24H15Cl4NO4S/c1-2-33-24(32)16-13-11-8-4-3-6-10(11)7-5-9-12(13)34-23(16)29-21(30)14-15(22(29)31)18(26)20(28)19(27)17(14)25/h3-4,6,8H,2,5,7,9H2,1H3. The molecule has 34 heavy (non-hydrogen) atoms. The van der Waals surface area contributed by atoms with Gasteiger partial charge in [-0.15, -0.1) is 11.3 Å². The molecule has 1 aliphatic carbocycles. The molecule has 0 atom stereocenters. The van der Waals surface area contributed by atoms with Crippen molar-refractivity contribution in [1.82, 2.24) is 0 Å². The molecule has 0 N–H and O–H groups in total. The second-order valence-corrected chi connectivity index (χ2v) is 10.4. The van der Waals surface area contributed by atoms with Crippen molar-refractivity contribution in [1.29, 1.82) is 0 Å². The SMILES string of the molecule is CCOC(=O)c1c(N2C(=O)c3c(Cl)c(Cl)c(Cl)c(Cl)c3C2=O)sc2c1-c1ccccc1CCC2.